The minimum atomic E-state index is -0.0967. The Balaban J connectivity index is 1.94. The van der Waals surface area contributed by atoms with E-state index in [0.29, 0.717) is 19.8 Å². The molecule has 1 atom stereocenters. The maximum absolute atomic E-state index is 12.1. The number of hydrogen-bond acceptors (Lipinski definition) is 4. The molecule has 0 saturated carbocycles. The summed E-state index contributed by atoms with van der Waals surface area (Å²) in [5.41, 5.74) is 1.82. The quantitative estimate of drug-likeness (QED) is 0.867. The van der Waals surface area contributed by atoms with Crippen LogP contribution in [0.3, 0.4) is 0 Å². The highest BCUT2D eigenvalue weighted by atomic mass is 79.9. The first-order valence-electron chi connectivity index (χ1n) is 6.59. The molecular formula is C14H19BrN2O3. The Bertz CT molecular complexity index is 481. The van der Waals surface area contributed by atoms with Gasteiger partial charge in [-0.1, -0.05) is 15.9 Å². The van der Waals surface area contributed by atoms with Gasteiger partial charge in [0.15, 0.2) is 0 Å². The molecule has 2 rings (SSSR count). The molecular weight excluding hydrogens is 324 g/mol. The van der Waals surface area contributed by atoms with Crippen molar-refractivity contribution in [3.05, 3.63) is 28.2 Å². The second-order valence-corrected chi connectivity index (χ2v) is 5.80. The van der Waals surface area contributed by atoms with Crippen molar-refractivity contribution in [2.75, 3.05) is 38.2 Å². The molecule has 1 aromatic rings. The first-order valence-corrected chi connectivity index (χ1v) is 7.38. The van der Waals surface area contributed by atoms with E-state index in [4.69, 9.17) is 4.74 Å². The average Bonchev–Trinajstić information content (AvgIpc) is 2.42. The number of ether oxygens (including phenoxy) is 1. The highest BCUT2D eigenvalue weighted by Crippen LogP contribution is 2.20. The zero-order valence-electron chi connectivity index (χ0n) is 11.4. The van der Waals surface area contributed by atoms with Crippen LogP contribution >= 0.6 is 15.9 Å². The van der Waals surface area contributed by atoms with Crippen LogP contribution in [0, 0.1) is 6.92 Å². The molecule has 1 aliphatic rings. The van der Waals surface area contributed by atoms with Gasteiger partial charge in [-0.25, -0.2) is 0 Å². The van der Waals surface area contributed by atoms with Crippen molar-refractivity contribution < 1.29 is 14.6 Å². The molecule has 1 saturated heterocycles. The molecule has 0 radical (unpaired) electrons. The van der Waals surface area contributed by atoms with Crippen LogP contribution in [-0.2, 0) is 9.53 Å². The molecule has 110 valence electrons. The number of carbonyl (C=O) groups excluding carboxylic acids is 1. The molecule has 1 heterocycles. The molecule has 5 nitrogen and oxygen atoms in total. The van der Waals surface area contributed by atoms with Gasteiger partial charge in [0, 0.05) is 16.7 Å². The predicted octanol–water partition coefficient (Wildman–Crippen LogP) is 1.39. The molecule has 1 aromatic carbocycles. The lowest BCUT2D eigenvalue weighted by Crippen LogP contribution is -2.50. The maximum Gasteiger partial charge on any atom is 0.238 e. The van der Waals surface area contributed by atoms with Crippen molar-refractivity contribution in [3.8, 4) is 0 Å². The lowest BCUT2D eigenvalue weighted by molar-refractivity contribution is -0.120. The number of aliphatic hydroxyl groups excluding tert-OH is 1. The van der Waals surface area contributed by atoms with Crippen molar-refractivity contribution in [1.82, 2.24) is 4.90 Å². The number of hydrogen-bond donors (Lipinski definition) is 2. The molecule has 2 N–H and O–H groups in total. The topological polar surface area (TPSA) is 61.8 Å². The second kappa shape index (κ2) is 7.17. The van der Waals surface area contributed by atoms with Gasteiger partial charge in [0.25, 0.3) is 0 Å². The SMILES string of the molecule is Cc1cc(Br)ccc1NC(=O)CN1CCOCC1CO. The number of nitrogens with one attached hydrogen (secondary N) is 1. The highest BCUT2D eigenvalue weighted by Gasteiger charge is 2.24. The Morgan fingerprint density at radius 2 is 2.40 bits per heavy atom. The molecule has 1 fully saturated rings. The van der Waals surface area contributed by atoms with Gasteiger partial charge in [-0.15, -0.1) is 0 Å². The maximum atomic E-state index is 12.1. The number of morpholine rings is 1. The summed E-state index contributed by atoms with van der Waals surface area (Å²) in [6.07, 6.45) is 0. The number of benzene rings is 1. The fourth-order valence-electron chi connectivity index (χ4n) is 2.21. The number of aliphatic hydroxyl groups is 1. The number of nitrogens with zero attached hydrogens (tertiary/aromatic N) is 1. The van der Waals surface area contributed by atoms with E-state index >= 15 is 0 Å². The van der Waals surface area contributed by atoms with Crippen molar-refractivity contribution >= 4 is 27.5 Å². The molecule has 20 heavy (non-hydrogen) atoms. The number of anilines is 1. The molecule has 0 spiro atoms. The average molecular weight is 343 g/mol. The Hall–Kier alpha value is -0.950. The molecule has 1 amide bonds. The van der Waals surface area contributed by atoms with Crippen molar-refractivity contribution in [1.29, 1.82) is 0 Å². The first-order chi connectivity index (χ1) is 9.60. The standard InChI is InChI=1S/C14H19BrN2O3/c1-10-6-11(15)2-3-13(10)16-14(19)7-17-4-5-20-9-12(17)8-18/h2-3,6,12,18H,4-5,7-9H2,1H3,(H,16,19). The van der Waals surface area contributed by atoms with E-state index < -0.39 is 0 Å². The molecule has 0 bridgehead atoms. The monoisotopic (exact) mass is 342 g/mol. The van der Waals surface area contributed by atoms with Crippen LogP contribution in [0.5, 0.6) is 0 Å². The Morgan fingerprint density at radius 1 is 1.60 bits per heavy atom. The van der Waals surface area contributed by atoms with E-state index in [0.717, 1.165) is 15.7 Å². The van der Waals surface area contributed by atoms with Crippen LogP contribution in [-0.4, -0.2) is 54.9 Å². The molecule has 6 heteroatoms. The van der Waals surface area contributed by atoms with Crippen LogP contribution in [0.1, 0.15) is 5.56 Å². The van der Waals surface area contributed by atoms with Crippen molar-refractivity contribution in [2.45, 2.75) is 13.0 Å². The third kappa shape index (κ3) is 4.02. The summed E-state index contributed by atoms with van der Waals surface area (Å²) in [6.45, 7) is 3.96. The summed E-state index contributed by atoms with van der Waals surface area (Å²) in [5.74, 6) is -0.0734. The lowest BCUT2D eigenvalue weighted by Gasteiger charge is -2.33. The van der Waals surface area contributed by atoms with E-state index in [9.17, 15) is 9.90 Å². The minimum absolute atomic E-state index is 0.00456. The summed E-state index contributed by atoms with van der Waals surface area (Å²) >= 11 is 3.40. The van der Waals surface area contributed by atoms with Gasteiger partial charge in [-0.2, -0.15) is 0 Å². The van der Waals surface area contributed by atoms with E-state index in [1.165, 1.54) is 0 Å². The Morgan fingerprint density at radius 3 is 3.10 bits per heavy atom. The normalized spacial score (nSPS) is 19.9. The van der Waals surface area contributed by atoms with Crippen molar-refractivity contribution in [2.24, 2.45) is 0 Å². The largest absolute Gasteiger partial charge is 0.395 e. The number of halogens is 1. The predicted molar refractivity (Wildman–Crippen MR) is 80.8 cm³/mol. The van der Waals surface area contributed by atoms with Crippen LogP contribution in [0.4, 0.5) is 5.69 Å². The fourth-order valence-corrected chi connectivity index (χ4v) is 2.68. The van der Waals surface area contributed by atoms with Crippen LogP contribution in [0.15, 0.2) is 22.7 Å². The van der Waals surface area contributed by atoms with E-state index in [1.54, 1.807) is 0 Å². The van der Waals surface area contributed by atoms with Gasteiger partial charge >= 0.3 is 0 Å². The van der Waals surface area contributed by atoms with E-state index in [-0.39, 0.29) is 25.1 Å². The molecule has 0 aliphatic carbocycles. The Kier molecular flexibility index (Phi) is 5.54. The second-order valence-electron chi connectivity index (χ2n) is 4.89. The number of amides is 1. The highest BCUT2D eigenvalue weighted by molar-refractivity contribution is 9.10. The number of rotatable bonds is 4. The number of aryl methyl sites for hydroxylation is 1. The van der Waals surface area contributed by atoms with Gasteiger partial charge in [-0.3, -0.25) is 9.69 Å². The van der Waals surface area contributed by atoms with Crippen LogP contribution < -0.4 is 5.32 Å². The summed E-state index contributed by atoms with van der Waals surface area (Å²) < 4.78 is 6.28. The van der Waals surface area contributed by atoms with Gasteiger partial charge in [0.1, 0.15) is 0 Å². The van der Waals surface area contributed by atoms with E-state index in [1.807, 2.05) is 30.0 Å². The number of carbonyl (C=O) groups is 1. The summed E-state index contributed by atoms with van der Waals surface area (Å²) in [7, 11) is 0. The Labute approximate surface area is 127 Å². The zero-order valence-corrected chi connectivity index (χ0v) is 13.0. The van der Waals surface area contributed by atoms with Gasteiger partial charge in [0.05, 0.1) is 32.4 Å². The minimum Gasteiger partial charge on any atom is -0.395 e. The van der Waals surface area contributed by atoms with Crippen LogP contribution in [0.25, 0.3) is 0 Å². The summed E-state index contributed by atoms with van der Waals surface area (Å²) in [6, 6.07) is 5.63. The van der Waals surface area contributed by atoms with Crippen molar-refractivity contribution in [3.63, 3.8) is 0 Å². The lowest BCUT2D eigenvalue weighted by atomic mass is 10.2. The fraction of sp³-hybridized carbons (Fsp3) is 0.500. The molecule has 1 unspecified atom stereocenters. The van der Waals surface area contributed by atoms with Gasteiger partial charge in [0.2, 0.25) is 5.91 Å². The van der Waals surface area contributed by atoms with Gasteiger partial charge in [-0.05, 0) is 30.7 Å². The van der Waals surface area contributed by atoms with E-state index in [2.05, 4.69) is 21.2 Å². The summed E-state index contributed by atoms with van der Waals surface area (Å²) in [4.78, 5) is 14.0. The smallest absolute Gasteiger partial charge is 0.238 e. The third-order valence-electron chi connectivity index (χ3n) is 3.37. The summed E-state index contributed by atoms with van der Waals surface area (Å²) in [5, 5.41) is 12.2. The first kappa shape index (κ1) is 15.4. The molecule has 1 aliphatic heterocycles. The zero-order chi connectivity index (χ0) is 14.5. The van der Waals surface area contributed by atoms with Crippen LogP contribution in [0.2, 0.25) is 0 Å². The van der Waals surface area contributed by atoms with Gasteiger partial charge < -0.3 is 15.2 Å². The third-order valence-corrected chi connectivity index (χ3v) is 3.86. The molecule has 0 aromatic heterocycles.